The SMILES string of the molecule is CC(C)c1[nH]nc(C(=O)NC2CCCOC2)c1S(N)(=O)=O. The van der Waals surface area contributed by atoms with Gasteiger partial charge in [0.25, 0.3) is 5.91 Å². The van der Waals surface area contributed by atoms with E-state index in [4.69, 9.17) is 9.88 Å². The molecule has 0 saturated carbocycles. The number of hydrogen-bond donors (Lipinski definition) is 3. The number of nitrogens with one attached hydrogen (secondary N) is 2. The Balaban J connectivity index is 2.28. The molecular formula is C12H20N4O4S. The van der Waals surface area contributed by atoms with Crippen molar-refractivity contribution >= 4 is 15.9 Å². The average Bonchev–Trinajstić information content (AvgIpc) is 2.84. The molecule has 0 aliphatic carbocycles. The van der Waals surface area contributed by atoms with Crippen LogP contribution < -0.4 is 10.5 Å². The van der Waals surface area contributed by atoms with Crippen LogP contribution >= 0.6 is 0 Å². The summed E-state index contributed by atoms with van der Waals surface area (Å²) >= 11 is 0. The highest BCUT2D eigenvalue weighted by molar-refractivity contribution is 7.89. The predicted molar refractivity (Wildman–Crippen MR) is 75.4 cm³/mol. The molecule has 9 heteroatoms. The van der Waals surface area contributed by atoms with Crippen molar-refractivity contribution in [3.05, 3.63) is 11.4 Å². The molecule has 1 aromatic rings. The van der Waals surface area contributed by atoms with E-state index in [0.717, 1.165) is 12.8 Å². The molecule has 4 N–H and O–H groups in total. The predicted octanol–water partition coefficient (Wildman–Crippen LogP) is 0.0893. The topological polar surface area (TPSA) is 127 Å². The number of sulfonamides is 1. The van der Waals surface area contributed by atoms with Crippen LogP contribution in [0.2, 0.25) is 0 Å². The molecule has 1 aliphatic rings. The Morgan fingerprint density at radius 2 is 2.24 bits per heavy atom. The number of aromatic amines is 1. The van der Waals surface area contributed by atoms with Crippen molar-refractivity contribution in [2.24, 2.45) is 5.14 Å². The molecular weight excluding hydrogens is 296 g/mol. The molecule has 0 spiro atoms. The normalized spacial score (nSPS) is 19.7. The molecule has 0 aromatic carbocycles. The quantitative estimate of drug-likeness (QED) is 0.725. The summed E-state index contributed by atoms with van der Waals surface area (Å²) in [5, 5.41) is 14.4. The van der Waals surface area contributed by atoms with E-state index in [1.807, 2.05) is 0 Å². The van der Waals surface area contributed by atoms with Crippen LogP contribution in [0.3, 0.4) is 0 Å². The molecule has 0 bridgehead atoms. The van der Waals surface area contributed by atoms with Gasteiger partial charge in [0, 0.05) is 6.61 Å². The number of carbonyl (C=O) groups is 1. The minimum Gasteiger partial charge on any atom is -0.379 e. The molecule has 118 valence electrons. The Labute approximate surface area is 123 Å². The number of nitrogens with zero attached hydrogens (tertiary/aromatic N) is 1. The summed E-state index contributed by atoms with van der Waals surface area (Å²) in [7, 11) is -4.04. The second-order valence-electron chi connectivity index (χ2n) is 5.40. The monoisotopic (exact) mass is 316 g/mol. The second kappa shape index (κ2) is 6.12. The van der Waals surface area contributed by atoms with Gasteiger partial charge in [0.15, 0.2) is 5.69 Å². The molecule has 1 amide bonds. The summed E-state index contributed by atoms with van der Waals surface area (Å²) in [6.07, 6.45) is 1.64. The number of ether oxygens (including phenoxy) is 1. The van der Waals surface area contributed by atoms with Crippen molar-refractivity contribution in [2.45, 2.75) is 43.5 Å². The van der Waals surface area contributed by atoms with Crippen molar-refractivity contribution in [2.75, 3.05) is 13.2 Å². The molecule has 1 fully saturated rings. The van der Waals surface area contributed by atoms with Gasteiger partial charge in [0.2, 0.25) is 10.0 Å². The van der Waals surface area contributed by atoms with E-state index in [-0.39, 0.29) is 22.5 Å². The van der Waals surface area contributed by atoms with Crippen molar-refractivity contribution in [1.82, 2.24) is 15.5 Å². The van der Waals surface area contributed by atoms with E-state index in [1.54, 1.807) is 13.8 Å². The largest absolute Gasteiger partial charge is 0.379 e. The van der Waals surface area contributed by atoms with E-state index >= 15 is 0 Å². The van der Waals surface area contributed by atoms with Gasteiger partial charge in [-0.15, -0.1) is 0 Å². The number of carbonyl (C=O) groups excluding carboxylic acids is 1. The number of nitrogens with two attached hydrogens (primary N) is 1. The zero-order valence-corrected chi connectivity index (χ0v) is 12.9. The maximum Gasteiger partial charge on any atom is 0.273 e. The first kappa shape index (κ1) is 15.9. The average molecular weight is 316 g/mol. The first-order valence-electron chi connectivity index (χ1n) is 6.80. The highest BCUT2D eigenvalue weighted by Crippen LogP contribution is 2.24. The summed E-state index contributed by atoms with van der Waals surface area (Å²) in [6, 6.07) is -0.140. The Bertz CT molecular complexity index is 617. The van der Waals surface area contributed by atoms with Gasteiger partial charge in [0.1, 0.15) is 4.90 Å². The zero-order valence-electron chi connectivity index (χ0n) is 12.0. The van der Waals surface area contributed by atoms with E-state index < -0.39 is 15.9 Å². The lowest BCUT2D eigenvalue weighted by Gasteiger charge is -2.22. The maximum atomic E-state index is 12.2. The molecule has 2 rings (SSSR count). The van der Waals surface area contributed by atoms with E-state index in [1.165, 1.54) is 0 Å². The van der Waals surface area contributed by atoms with Crippen molar-refractivity contribution < 1.29 is 17.9 Å². The summed E-state index contributed by atoms with van der Waals surface area (Å²) in [4.78, 5) is 12.0. The first-order valence-corrected chi connectivity index (χ1v) is 8.35. The van der Waals surface area contributed by atoms with Crippen LogP contribution in [-0.2, 0) is 14.8 Å². The summed E-state index contributed by atoms with van der Waals surface area (Å²) < 4.78 is 28.8. The maximum absolute atomic E-state index is 12.2. The first-order chi connectivity index (χ1) is 9.80. The van der Waals surface area contributed by atoms with E-state index in [2.05, 4.69) is 15.5 Å². The molecule has 8 nitrogen and oxygen atoms in total. The van der Waals surface area contributed by atoms with Gasteiger partial charge >= 0.3 is 0 Å². The van der Waals surface area contributed by atoms with E-state index in [0.29, 0.717) is 18.9 Å². The lowest BCUT2D eigenvalue weighted by molar-refractivity contribution is 0.0620. The van der Waals surface area contributed by atoms with Gasteiger partial charge < -0.3 is 10.1 Å². The minimum atomic E-state index is -4.04. The van der Waals surface area contributed by atoms with Crippen LogP contribution in [0, 0.1) is 0 Å². The fraction of sp³-hybridized carbons (Fsp3) is 0.667. The molecule has 1 atom stereocenters. The molecule has 0 radical (unpaired) electrons. The van der Waals surface area contributed by atoms with Crippen molar-refractivity contribution in [1.29, 1.82) is 0 Å². The highest BCUT2D eigenvalue weighted by atomic mass is 32.2. The number of H-pyrrole nitrogens is 1. The smallest absolute Gasteiger partial charge is 0.273 e. The van der Waals surface area contributed by atoms with Crippen LogP contribution in [0.15, 0.2) is 4.90 Å². The molecule has 21 heavy (non-hydrogen) atoms. The van der Waals surface area contributed by atoms with Crippen molar-refractivity contribution in [3.63, 3.8) is 0 Å². The standard InChI is InChI=1S/C12H20N4O4S/c1-7(2)9-11(21(13,18)19)10(16-15-9)12(17)14-8-4-3-5-20-6-8/h7-8H,3-6H2,1-2H3,(H,14,17)(H,15,16)(H2,13,18,19). The fourth-order valence-electron chi connectivity index (χ4n) is 2.29. The number of amides is 1. The van der Waals surface area contributed by atoms with Crippen molar-refractivity contribution in [3.8, 4) is 0 Å². The molecule has 1 saturated heterocycles. The lowest BCUT2D eigenvalue weighted by atomic mass is 10.1. The van der Waals surface area contributed by atoms with Gasteiger partial charge in [0.05, 0.1) is 18.3 Å². The molecule has 2 heterocycles. The Hall–Kier alpha value is -1.45. The molecule has 1 unspecified atom stereocenters. The Morgan fingerprint density at radius 1 is 1.52 bits per heavy atom. The van der Waals surface area contributed by atoms with Gasteiger partial charge in [-0.2, -0.15) is 5.10 Å². The number of rotatable bonds is 4. The lowest BCUT2D eigenvalue weighted by Crippen LogP contribution is -2.41. The fourth-order valence-corrected chi connectivity index (χ4v) is 3.28. The third kappa shape index (κ3) is 3.60. The number of hydrogen-bond acceptors (Lipinski definition) is 5. The van der Waals surface area contributed by atoms with Gasteiger partial charge in [-0.05, 0) is 18.8 Å². The van der Waals surface area contributed by atoms with Crippen LogP contribution in [0.1, 0.15) is 48.8 Å². The molecule has 1 aromatic heterocycles. The molecule has 1 aliphatic heterocycles. The highest BCUT2D eigenvalue weighted by Gasteiger charge is 2.29. The minimum absolute atomic E-state index is 0.140. The van der Waals surface area contributed by atoms with Gasteiger partial charge in [-0.3, -0.25) is 9.89 Å². The van der Waals surface area contributed by atoms with Crippen LogP contribution in [0.25, 0.3) is 0 Å². The van der Waals surface area contributed by atoms with Crippen LogP contribution in [0.5, 0.6) is 0 Å². The van der Waals surface area contributed by atoms with Gasteiger partial charge in [-0.1, -0.05) is 13.8 Å². The summed E-state index contributed by atoms with van der Waals surface area (Å²) in [5.41, 5.74) is 0.148. The number of primary sulfonamides is 1. The Kier molecular flexibility index (Phi) is 4.64. The van der Waals surface area contributed by atoms with Crippen LogP contribution in [-0.4, -0.2) is 43.8 Å². The number of aromatic nitrogens is 2. The third-order valence-electron chi connectivity index (χ3n) is 3.32. The Morgan fingerprint density at radius 3 is 2.76 bits per heavy atom. The van der Waals surface area contributed by atoms with Crippen LogP contribution in [0.4, 0.5) is 0 Å². The third-order valence-corrected chi connectivity index (χ3v) is 4.30. The van der Waals surface area contributed by atoms with E-state index in [9.17, 15) is 13.2 Å². The zero-order chi connectivity index (χ0) is 15.6. The second-order valence-corrected chi connectivity index (χ2v) is 6.90. The van der Waals surface area contributed by atoms with Gasteiger partial charge in [-0.25, -0.2) is 13.6 Å². The summed E-state index contributed by atoms with van der Waals surface area (Å²) in [6.45, 7) is 4.67. The summed E-state index contributed by atoms with van der Waals surface area (Å²) in [5.74, 6) is -0.705.